The molecule has 1 unspecified atom stereocenters. The monoisotopic (exact) mass is 624 g/mol. The molecule has 1 N–H and O–H groups in total. The minimum Gasteiger partial charge on any atom is -0.493 e. The highest BCUT2D eigenvalue weighted by Crippen LogP contribution is 2.36. The molecule has 3 rings (SSSR count). The second kappa shape index (κ2) is 16.5. The van der Waals surface area contributed by atoms with Crippen LogP contribution in [0.3, 0.4) is 0 Å². The van der Waals surface area contributed by atoms with Gasteiger partial charge in [-0.2, -0.15) is 5.26 Å². The van der Waals surface area contributed by atoms with Crippen LogP contribution >= 0.6 is 24.0 Å². The van der Waals surface area contributed by atoms with Crippen LogP contribution < -0.4 is 20.3 Å². The lowest BCUT2D eigenvalue weighted by atomic mass is 9.99. The van der Waals surface area contributed by atoms with Gasteiger partial charge in [0.25, 0.3) is 11.5 Å². The third-order valence-electron chi connectivity index (χ3n) is 7.90. The predicted octanol–water partition coefficient (Wildman–Crippen LogP) is 6.92. The van der Waals surface area contributed by atoms with E-state index < -0.39 is 0 Å². The van der Waals surface area contributed by atoms with Gasteiger partial charge in [-0.3, -0.25) is 19.1 Å². The van der Waals surface area contributed by atoms with Gasteiger partial charge in [0.1, 0.15) is 21.8 Å². The SMILES string of the molecule is CCCCC(CC)CN1C(=O)/C(=C\c2c(C)c(C#N)c(=O)n(CCCC)c2NCCc2ccc(OC)c(OC)c2)SC1=S. The van der Waals surface area contributed by atoms with E-state index in [1.54, 1.807) is 30.6 Å². The van der Waals surface area contributed by atoms with Gasteiger partial charge < -0.3 is 14.8 Å². The molecule has 10 heteroatoms. The number of nitrogens with zero attached hydrogens (tertiary/aromatic N) is 3. The Bertz CT molecular complexity index is 1440. The first kappa shape index (κ1) is 34.2. The number of hydrogen-bond acceptors (Lipinski definition) is 8. The zero-order chi connectivity index (χ0) is 31.5. The summed E-state index contributed by atoms with van der Waals surface area (Å²) in [7, 11) is 3.21. The van der Waals surface area contributed by atoms with Gasteiger partial charge in [-0.15, -0.1) is 0 Å². The minimum atomic E-state index is -0.325. The fourth-order valence-corrected chi connectivity index (χ4v) is 6.47. The summed E-state index contributed by atoms with van der Waals surface area (Å²) in [5, 5.41) is 13.4. The van der Waals surface area contributed by atoms with Crippen molar-refractivity contribution in [2.75, 3.05) is 32.6 Å². The lowest BCUT2D eigenvalue weighted by Gasteiger charge is -2.22. The lowest BCUT2D eigenvalue weighted by molar-refractivity contribution is -0.122. The number of thioether (sulfide) groups is 1. The Morgan fingerprint density at radius 2 is 1.84 bits per heavy atom. The van der Waals surface area contributed by atoms with Gasteiger partial charge in [0.15, 0.2) is 11.5 Å². The average Bonchev–Trinajstić information content (AvgIpc) is 3.27. The number of amides is 1. The molecular weight excluding hydrogens is 581 g/mol. The maximum atomic E-state index is 13.6. The number of rotatable bonds is 16. The molecule has 1 fully saturated rings. The number of nitriles is 1. The van der Waals surface area contributed by atoms with E-state index in [0.29, 0.717) is 69.6 Å². The van der Waals surface area contributed by atoms with E-state index in [0.717, 1.165) is 44.1 Å². The number of anilines is 1. The summed E-state index contributed by atoms with van der Waals surface area (Å²) < 4.78 is 13.0. The molecule has 2 aromatic rings. The van der Waals surface area contributed by atoms with Crippen LogP contribution in [0.2, 0.25) is 0 Å². The van der Waals surface area contributed by atoms with E-state index in [4.69, 9.17) is 21.7 Å². The number of carbonyl (C=O) groups excluding carboxylic acids is 1. The van der Waals surface area contributed by atoms with Gasteiger partial charge in [-0.05, 0) is 61.4 Å². The molecule has 232 valence electrons. The Kier molecular flexibility index (Phi) is 13.1. The number of ether oxygens (including phenoxy) is 2. The largest absolute Gasteiger partial charge is 0.493 e. The summed E-state index contributed by atoms with van der Waals surface area (Å²) in [6, 6.07) is 7.90. The number of carbonyl (C=O) groups is 1. The molecule has 8 nitrogen and oxygen atoms in total. The number of unbranched alkanes of at least 4 members (excludes halogenated alkanes) is 2. The van der Waals surface area contributed by atoms with Gasteiger partial charge in [0, 0.05) is 25.2 Å². The van der Waals surface area contributed by atoms with Crippen molar-refractivity contribution < 1.29 is 14.3 Å². The normalized spacial score (nSPS) is 14.7. The summed E-state index contributed by atoms with van der Waals surface area (Å²) in [4.78, 5) is 29.3. The summed E-state index contributed by atoms with van der Waals surface area (Å²) in [5.41, 5.74) is 2.02. The van der Waals surface area contributed by atoms with Crippen molar-refractivity contribution in [3.8, 4) is 17.6 Å². The lowest BCUT2D eigenvalue weighted by Crippen LogP contribution is -2.33. The molecule has 0 bridgehead atoms. The number of benzene rings is 1. The van der Waals surface area contributed by atoms with Crippen LogP contribution in [0.5, 0.6) is 11.5 Å². The molecular formula is C33H44N4O4S2. The fourth-order valence-electron chi connectivity index (χ4n) is 5.21. The van der Waals surface area contributed by atoms with Gasteiger partial charge in [0.05, 0.1) is 19.1 Å². The first-order chi connectivity index (χ1) is 20.7. The smallest absolute Gasteiger partial charge is 0.270 e. The maximum absolute atomic E-state index is 13.6. The Labute approximate surface area is 265 Å². The van der Waals surface area contributed by atoms with Crippen molar-refractivity contribution >= 4 is 46.1 Å². The quantitative estimate of drug-likeness (QED) is 0.159. The number of aromatic nitrogens is 1. The van der Waals surface area contributed by atoms with Gasteiger partial charge in [0.2, 0.25) is 0 Å². The van der Waals surface area contributed by atoms with Crippen molar-refractivity contribution in [2.24, 2.45) is 5.92 Å². The van der Waals surface area contributed by atoms with E-state index >= 15 is 0 Å². The average molecular weight is 625 g/mol. The predicted molar refractivity (Wildman–Crippen MR) is 180 cm³/mol. The van der Waals surface area contributed by atoms with Gasteiger partial charge in [-0.1, -0.05) is 76.5 Å². The number of nitrogens with one attached hydrogen (secondary N) is 1. The Balaban J connectivity index is 2.01. The van der Waals surface area contributed by atoms with Crippen LogP contribution in [0, 0.1) is 24.2 Å². The third-order valence-corrected chi connectivity index (χ3v) is 9.28. The molecule has 1 atom stereocenters. The highest BCUT2D eigenvalue weighted by atomic mass is 32.2. The Morgan fingerprint density at radius 3 is 2.47 bits per heavy atom. The molecule has 0 saturated carbocycles. The first-order valence-corrected chi connectivity index (χ1v) is 16.3. The van der Waals surface area contributed by atoms with Crippen LogP contribution in [-0.2, 0) is 17.8 Å². The molecule has 1 aliphatic rings. The fraction of sp³-hybridized carbons (Fsp3) is 0.515. The van der Waals surface area contributed by atoms with Crippen molar-refractivity contribution in [3.63, 3.8) is 0 Å². The van der Waals surface area contributed by atoms with Crippen LogP contribution in [0.1, 0.15) is 81.5 Å². The Morgan fingerprint density at radius 1 is 1.12 bits per heavy atom. The molecule has 1 amide bonds. The zero-order valence-electron chi connectivity index (χ0n) is 26.2. The summed E-state index contributed by atoms with van der Waals surface area (Å²) >= 11 is 6.94. The number of hydrogen-bond donors (Lipinski definition) is 1. The topological polar surface area (TPSA) is 96.6 Å². The molecule has 1 aromatic heterocycles. The zero-order valence-corrected chi connectivity index (χ0v) is 27.9. The van der Waals surface area contributed by atoms with Crippen molar-refractivity contribution in [2.45, 2.75) is 79.2 Å². The molecule has 2 heterocycles. The van der Waals surface area contributed by atoms with Crippen LogP contribution in [0.15, 0.2) is 27.9 Å². The van der Waals surface area contributed by atoms with Crippen molar-refractivity contribution in [1.82, 2.24) is 9.47 Å². The van der Waals surface area contributed by atoms with Crippen LogP contribution in [0.4, 0.5) is 5.82 Å². The highest BCUT2D eigenvalue weighted by molar-refractivity contribution is 8.26. The van der Waals surface area contributed by atoms with Crippen LogP contribution in [-0.4, -0.2) is 47.0 Å². The summed E-state index contributed by atoms with van der Waals surface area (Å²) in [6.45, 7) is 9.74. The third kappa shape index (κ3) is 8.21. The van der Waals surface area contributed by atoms with Crippen LogP contribution in [0.25, 0.3) is 6.08 Å². The standard InChI is InChI=1S/C33H44N4O4S2/c1-7-10-12-23(9-3)21-37-32(39)29(43-33(37)42)19-25-22(4)26(20-34)31(38)36(17-11-8-2)30(25)35-16-15-24-13-14-27(40-5)28(18-24)41-6/h13-14,18-19,23,35H,7-12,15-17,21H2,1-6H3/b29-19+. The number of pyridine rings is 1. The number of methoxy groups -OCH3 is 2. The van der Waals surface area contributed by atoms with Crippen molar-refractivity contribution in [1.29, 1.82) is 5.26 Å². The first-order valence-electron chi connectivity index (χ1n) is 15.1. The van der Waals surface area contributed by atoms with Crippen molar-refractivity contribution in [3.05, 3.63) is 55.7 Å². The summed E-state index contributed by atoms with van der Waals surface area (Å²) in [5.74, 6) is 2.18. The van der Waals surface area contributed by atoms with E-state index in [1.165, 1.54) is 11.8 Å². The second-order valence-electron chi connectivity index (χ2n) is 10.8. The molecule has 1 aliphatic heterocycles. The highest BCUT2D eigenvalue weighted by Gasteiger charge is 2.34. The molecule has 1 aromatic carbocycles. The number of thiocarbonyl (C=S) groups is 1. The molecule has 0 aliphatic carbocycles. The Hall–Kier alpha value is -3.29. The van der Waals surface area contributed by atoms with E-state index in [2.05, 4.69) is 32.2 Å². The van der Waals surface area contributed by atoms with E-state index in [-0.39, 0.29) is 17.0 Å². The molecule has 1 saturated heterocycles. The van der Waals surface area contributed by atoms with Gasteiger partial charge >= 0.3 is 0 Å². The maximum Gasteiger partial charge on any atom is 0.270 e. The van der Waals surface area contributed by atoms with Gasteiger partial charge in [-0.25, -0.2) is 0 Å². The van der Waals surface area contributed by atoms with E-state index in [9.17, 15) is 14.9 Å². The second-order valence-corrected chi connectivity index (χ2v) is 12.4. The van der Waals surface area contributed by atoms with E-state index in [1.807, 2.05) is 24.3 Å². The molecule has 43 heavy (non-hydrogen) atoms. The molecule has 0 spiro atoms. The molecule has 0 radical (unpaired) electrons. The summed E-state index contributed by atoms with van der Waals surface area (Å²) in [6.07, 6.45) is 8.40. The minimum absolute atomic E-state index is 0.0916.